The van der Waals surface area contributed by atoms with Gasteiger partial charge in [-0.3, -0.25) is 0 Å². The van der Waals surface area contributed by atoms with Crippen LogP contribution in [0.25, 0.3) is 0 Å². The van der Waals surface area contributed by atoms with Crippen LogP contribution in [-0.4, -0.2) is 16.0 Å². The van der Waals surface area contributed by atoms with Crippen molar-refractivity contribution in [1.29, 1.82) is 0 Å². The smallest absolute Gasteiger partial charge is 0.338 e. The number of carboxylic acids is 1. The van der Waals surface area contributed by atoms with E-state index in [1.165, 1.54) is 12.1 Å². The summed E-state index contributed by atoms with van der Waals surface area (Å²) in [6, 6.07) is 3.68. The molecule has 0 spiro atoms. The molecule has 0 radical (unpaired) electrons. The molecule has 0 aliphatic rings. The molecule has 0 fully saturated rings. The summed E-state index contributed by atoms with van der Waals surface area (Å²) in [5, 5.41) is 8.66. The Balaban J connectivity index is 0.000000555. The van der Waals surface area contributed by atoms with Crippen LogP contribution in [0.1, 0.15) is 56.1 Å². The number of hydrogen-bond donors (Lipinski definition) is 2. The quantitative estimate of drug-likeness (QED) is 0.828. The number of halogens is 2. The van der Waals surface area contributed by atoms with Crippen molar-refractivity contribution in [2.24, 2.45) is 5.73 Å². The number of benzene rings is 1. The van der Waals surface area contributed by atoms with Gasteiger partial charge >= 0.3 is 5.97 Å². The van der Waals surface area contributed by atoms with Crippen molar-refractivity contribution >= 4 is 17.6 Å². The lowest BCUT2D eigenvalue weighted by atomic mass is 10.0. The van der Waals surface area contributed by atoms with Gasteiger partial charge in [-0.25, -0.2) is 9.18 Å². The molecule has 1 rings (SSSR count). The SMILES string of the molecule is CC(C)(C)Cl.CCC(N)c1ccc(F)c(C(=O)O)c1. The van der Waals surface area contributed by atoms with Gasteiger partial charge < -0.3 is 10.8 Å². The molecule has 1 aromatic carbocycles. The van der Waals surface area contributed by atoms with Gasteiger partial charge in [-0.15, -0.1) is 11.6 Å². The summed E-state index contributed by atoms with van der Waals surface area (Å²) < 4.78 is 13.0. The lowest BCUT2D eigenvalue weighted by molar-refractivity contribution is 0.0691. The summed E-state index contributed by atoms with van der Waals surface area (Å²) in [5.41, 5.74) is 6.02. The average molecular weight is 290 g/mol. The first-order valence-corrected chi connectivity index (χ1v) is 6.41. The minimum Gasteiger partial charge on any atom is -0.478 e. The van der Waals surface area contributed by atoms with Gasteiger partial charge in [0, 0.05) is 10.9 Å². The van der Waals surface area contributed by atoms with Crippen molar-refractivity contribution in [2.45, 2.75) is 45.0 Å². The zero-order valence-corrected chi connectivity index (χ0v) is 12.5. The third kappa shape index (κ3) is 7.80. The number of nitrogens with two attached hydrogens (primary N) is 1. The van der Waals surface area contributed by atoms with Crippen molar-refractivity contribution in [3.63, 3.8) is 0 Å². The fourth-order valence-corrected chi connectivity index (χ4v) is 1.17. The molecule has 0 saturated heterocycles. The van der Waals surface area contributed by atoms with Crippen LogP contribution in [0.2, 0.25) is 0 Å². The lowest BCUT2D eigenvalue weighted by Crippen LogP contribution is -2.10. The van der Waals surface area contributed by atoms with E-state index in [1.54, 1.807) is 0 Å². The molecular weight excluding hydrogens is 269 g/mol. The van der Waals surface area contributed by atoms with E-state index in [9.17, 15) is 9.18 Å². The maximum atomic E-state index is 13.0. The Morgan fingerprint density at radius 1 is 1.47 bits per heavy atom. The van der Waals surface area contributed by atoms with E-state index in [-0.39, 0.29) is 16.5 Å². The van der Waals surface area contributed by atoms with E-state index in [1.807, 2.05) is 27.7 Å². The van der Waals surface area contributed by atoms with Crippen molar-refractivity contribution in [3.8, 4) is 0 Å². The Bertz CT molecular complexity index is 424. The Kier molecular flexibility index (Phi) is 7.01. The summed E-state index contributed by atoms with van der Waals surface area (Å²) >= 11 is 5.53. The Morgan fingerprint density at radius 3 is 2.32 bits per heavy atom. The van der Waals surface area contributed by atoms with E-state index in [0.717, 1.165) is 6.07 Å². The molecule has 3 nitrogen and oxygen atoms in total. The van der Waals surface area contributed by atoms with Crippen molar-refractivity contribution < 1.29 is 14.3 Å². The van der Waals surface area contributed by atoms with Crippen molar-refractivity contribution in [3.05, 3.63) is 35.1 Å². The summed E-state index contributed by atoms with van der Waals surface area (Å²) in [7, 11) is 0. The van der Waals surface area contributed by atoms with E-state index >= 15 is 0 Å². The predicted octanol–water partition coefficient (Wildman–Crippen LogP) is 3.96. The second-order valence-electron chi connectivity index (χ2n) is 5.13. The van der Waals surface area contributed by atoms with Gasteiger partial charge in [-0.1, -0.05) is 13.0 Å². The van der Waals surface area contributed by atoms with Crippen LogP contribution in [0.5, 0.6) is 0 Å². The normalized spacial score (nSPS) is 12.4. The van der Waals surface area contributed by atoms with E-state index in [2.05, 4.69) is 0 Å². The molecule has 0 aliphatic heterocycles. The fourth-order valence-electron chi connectivity index (χ4n) is 1.17. The third-order valence-corrected chi connectivity index (χ3v) is 2.09. The largest absolute Gasteiger partial charge is 0.478 e. The Hall–Kier alpha value is -1.13. The predicted molar refractivity (Wildman–Crippen MR) is 76.2 cm³/mol. The van der Waals surface area contributed by atoms with Crippen LogP contribution in [0.3, 0.4) is 0 Å². The van der Waals surface area contributed by atoms with E-state index in [4.69, 9.17) is 22.4 Å². The minimum atomic E-state index is -1.27. The van der Waals surface area contributed by atoms with Gasteiger partial charge in [0.2, 0.25) is 0 Å². The van der Waals surface area contributed by atoms with Crippen LogP contribution >= 0.6 is 11.6 Å². The van der Waals surface area contributed by atoms with Crippen LogP contribution in [0.15, 0.2) is 18.2 Å². The molecule has 1 aromatic rings. The summed E-state index contributed by atoms with van der Waals surface area (Å²) in [4.78, 5) is 10.6. The first-order valence-electron chi connectivity index (χ1n) is 6.03. The summed E-state index contributed by atoms with van der Waals surface area (Å²) in [5.74, 6) is -2.00. The highest BCUT2D eigenvalue weighted by Crippen LogP contribution is 2.17. The highest BCUT2D eigenvalue weighted by molar-refractivity contribution is 6.23. The van der Waals surface area contributed by atoms with E-state index < -0.39 is 11.8 Å². The Morgan fingerprint density at radius 2 is 1.95 bits per heavy atom. The van der Waals surface area contributed by atoms with Crippen LogP contribution < -0.4 is 5.73 Å². The van der Waals surface area contributed by atoms with Gasteiger partial charge in [0.1, 0.15) is 5.82 Å². The molecule has 5 heteroatoms. The van der Waals surface area contributed by atoms with Crippen molar-refractivity contribution in [1.82, 2.24) is 0 Å². The first kappa shape index (κ1) is 17.9. The van der Waals surface area contributed by atoms with Gasteiger partial charge in [-0.05, 0) is 44.9 Å². The molecule has 0 amide bonds. The highest BCUT2D eigenvalue weighted by Gasteiger charge is 2.12. The average Bonchev–Trinajstić information content (AvgIpc) is 2.26. The highest BCUT2D eigenvalue weighted by atomic mass is 35.5. The molecule has 0 bridgehead atoms. The zero-order chi connectivity index (χ0) is 15.2. The molecule has 1 unspecified atom stereocenters. The third-order valence-electron chi connectivity index (χ3n) is 2.09. The number of rotatable bonds is 3. The molecule has 0 saturated carbocycles. The van der Waals surface area contributed by atoms with Gasteiger partial charge in [0.25, 0.3) is 0 Å². The lowest BCUT2D eigenvalue weighted by Gasteiger charge is -2.09. The minimum absolute atomic E-state index is 0.0278. The monoisotopic (exact) mass is 289 g/mol. The van der Waals surface area contributed by atoms with Gasteiger partial charge in [-0.2, -0.15) is 0 Å². The maximum Gasteiger partial charge on any atom is 0.338 e. The maximum absolute atomic E-state index is 13.0. The molecule has 0 heterocycles. The topological polar surface area (TPSA) is 63.3 Å². The molecular formula is C14H21ClFNO2. The molecule has 0 aliphatic carbocycles. The fraction of sp³-hybridized carbons (Fsp3) is 0.500. The van der Waals surface area contributed by atoms with Crippen LogP contribution in [0.4, 0.5) is 4.39 Å². The zero-order valence-electron chi connectivity index (χ0n) is 11.7. The summed E-state index contributed by atoms with van der Waals surface area (Å²) in [6.07, 6.45) is 0.685. The Labute approximate surface area is 118 Å². The van der Waals surface area contributed by atoms with Gasteiger partial charge in [0.15, 0.2) is 0 Å². The molecule has 1 atom stereocenters. The second kappa shape index (κ2) is 7.46. The van der Waals surface area contributed by atoms with Crippen molar-refractivity contribution in [2.75, 3.05) is 0 Å². The molecule has 108 valence electrons. The molecule has 3 N–H and O–H groups in total. The number of carbonyl (C=O) groups is 1. The molecule has 0 aromatic heterocycles. The summed E-state index contributed by atoms with van der Waals surface area (Å²) in [6.45, 7) is 7.74. The van der Waals surface area contributed by atoms with Crippen LogP contribution in [-0.2, 0) is 0 Å². The number of alkyl halides is 1. The number of aromatic carboxylic acids is 1. The second-order valence-corrected chi connectivity index (χ2v) is 6.26. The van der Waals surface area contributed by atoms with Gasteiger partial charge in [0.05, 0.1) is 5.56 Å². The molecule has 19 heavy (non-hydrogen) atoms. The standard InChI is InChI=1S/C10H12FNO2.C4H9Cl/c1-2-9(12)6-3-4-8(11)7(5-6)10(13)14;1-4(2,3)5/h3-5,9H,2,12H2,1H3,(H,13,14);1-3H3. The van der Waals surface area contributed by atoms with Crippen LogP contribution in [0, 0.1) is 5.82 Å². The number of carboxylic acid groups (broad SMARTS) is 1. The number of hydrogen-bond acceptors (Lipinski definition) is 2. The first-order chi connectivity index (χ1) is 8.56. The van der Waals surface area contributed by atoms with E-state index in [0.29, 0.717) is 12.0 Å².